The van der Waals surface area contributed by atoms with Crippen LogP contribution in [0.2, 0.25) is 5.02 Å². The van der Waals surface area contributed by atoms with Crippen molar-refractivity contribution in [3.8, 4) is 0 Å². The number of hydrogen-bond donors (Lipinski definition) is 2. The van der Waals surface area contributed by atoms with Gasteiger partial charge in [0, 0.05) is 31.0 Å². The molecule has 23 heavy (non-hydrogen) atoms. The van der Waals surface area contributed by atoms with Crippen LogP contribution in [0, 0.1) is 5.82 Å². The second kappa shape index (κ2) is 7.11. The highest BCUT2D eigenvalue weighted by Crippen LogP contribution is 2.20. The third kappa shape index (κ3) is 4.43. The number of halogens is 2. The fourth-order valence-electron chi connectivity index (χ4n) is 1.82. The van der Waals surface area contributed by atoms with Gasteiger partial charge in [-0.1, -0.05) is 11.6 Å². The van der Waals surface area contributed by atoms with Gasteiger partial charge in [-0.15, -0.1) is 0 Å². The van der Waals surface area contributed by atoms with Crippen LogP contribution in [0.4, 0.5) is 26.2 Å². The van der Waals surface area contributed by atoms with Crippen LogP contribution in [0.3, 0.4) is 0 Å². The zero-order valence-electron chi connectivity index (χ0n) is 12.6. The zero-order chi connectivity index (χ0) is 17.0. The highest BCUT2D eigenvalue weighted by molar-refractivity contribution is 6.31. The molecule has 0 bridgehead atoms. The highest BCUT2D eigenvalue weighted by Gasteiger charge is 2.07. The van der Waals surface area contributed by atoms with Crippen molar-refractivity contribution in [2.45, 2.75) is 6.92 Å². The van der Waals surface area contributed by atoms with Gasteiger partial charge >= 0.3 is 6.03 Å². The first kappa shape index (κ1) is 16.8. The van der Waals surface area contributed by atoms with Gasteiger partial charge in [-0.25, -0.2) is 9.18 Å². The number of anilines is 3. The van der Waals surface area contributed by atoms with Gasteiger partial charge in [-0.05, 0) is 42.5 Å². The van der Waals surface area contributed by atoms with Crippen molar-refractivity contribution in [2.75, 3.05) is 22.6 Å². The van der Waals surface area contributed by atoms with Crippen molar-refractivity contribution < 1.29 is 14.0 Å². The number of rotatable bonds is 3. The number of carbonyl (C=O) groups excluding carboxylic acids is 2. The van der Waals surface area contributed by atoms with Crippen molar-refractivity contribution in [1.82, 2.24) is 0 Å². The highest BCUT2D eigenvalue weighted by atomic mass is 35.5. The molecule has 2 aromatic carbocycles. The minimum atomic E-state index is -0.553. The average molecular weight is 336 g/mol. The van der Waals surface area contributed by atoms with E-state index in [0.29, 0.717) is 17.1 Å². The second-order valence-electron chi connectivity index (χ2n) is 4.83. The second-order valence-corrected chi connectivity index (χ2v) is 5.24. The maximum Gasteiger partial charge on any atom is 0.323 e. The Bertz CT molecular complexity index is 735. The summed E-state index contributed by atoms with van der Waals surface area (Å²) in [7, 11) is 1.66. The lowest BCUT2D eigenvalue weighted by Gasteiger charge is -2.15. The van der Waals surface area contributed by atoms with E-state index in [-0.39, 0.29) is 10.9 Å². The van der Waals surface area contributed by atoms with Crippen molar-refractivity contribution in [1.29, 1.82) is 0 Å². The monoisotopic (exact) mass is 335 g/mol. The lowest BCUT2D eigenvalue weighted by molar-refractivity contribution is -0.116. The molecule has 0 radical (unpaired) electrons. The van der Waals surface area contributed by atoms with Crippen LogP contribution in [0.25, 0.3) is 0 Å². The Balaban J connectivity index is 2.00. The number of benzene rings is 2. The summed E-state index contributed by atoms with van der Waals surface area (Å²) < 4.78 is 13.1. The third-order valence-corrected chi connectivity index (χ3v) is 3.45. The first-order valence-electron chi connectivity index (χ1n) is 6.74. The van der Waals surface area contributed by atoms with Gasteiger partial charge in [-0.3, -0.25) is 4.79 Å². The molecule has 0 atom stereocenters. The number of nitrogens with zero attached hydrogens (tertiary/aromatic N) is 1. The van der Waals surface area contributed by atoms with Crippen molar-refractivity contribution in [3.05, 3.63) is 53.3 Å². The summed E-state index contributed by atoms with van der Waals surface area (Å²) >= 11 is 5.65. The maximum atomic E-state index is 13.1. The lowest BCUT2D eigenvalue weighted by atomic mass is 10.2. The van der Waals surface area contributed by atoms with E-state index >= 15 is 0 Å². The zero-order valence-corrected chi connectivity index (χ0v) is 13.3. The summed E-state index contributed by atoms with van der Waals surface area (Å²) in [4.78, 5) is 24.6. The van der Waals surface area contributed by atoms with E-state index in [1.165, 1.54) is 30.0 Å². The minimum absolute atomic E-state index is 0.0700. The number of carbonyl (C=O) groups is 2. The van der Waals surface area contributed by atoms with Gasteiger partial charge < -0.3 is 15.5 Å². The minimum Gasteiger partial charge on any atom is -0.316 e. The Morgan fingerprint density at radius 2 is 1.61 bits per heavy atom. The molecule has 0 aliphatic rings. The third-order valence-electron chi connectivity index (χ3n) is 3.16. The summed E-state index contributed by atoms with van der Waals surface area (Å²) in [6, 6.07) is 10.2. The van der Waals surface area contributed by atoms with E-state index in [0.717, 1.165) is 0 Å². The Morgan fingerprint density at radius 1 is 1.04 bits per heavy atom. The standard InChI is InChI=1S/C16H15ClFN3O2/c1-10(22)21(2)13-6-3-11(4-7-13)19-16(23)20-12-5-8-15(18)14(17)9-12/h3-9H,1-2H3,(H2,19,20,23). The number of hydrogen-bond acceptors (Lipinski definition) is 2. The molecule has 7 heteroatoms. The first-order chi connectivity index (χ1) is 10.9. The number of urea groups is 1. The van der Waals surface area contributed by atoms with Crippen LogP contribution >= 0.6 is 11.6 Å². The van der Waals surface area contributed by atoms with E-state index < -0.39 is 11.8 Å². The lowest BCUT2D eigenvalue weighted by Crippen LogP contribution is -2.23. The largest absolute Gasteiger partial charge is 0.323 e. The van der Waals surface area contributed by atoms with E-state index in [1.54, 1.807) is 31.3 Å². The normalized spacial score (nSPS) is 10.1. The Kier molecular flexibility index (Phi) is 5.18. The Morgan fingerprint density at radius 3 is 2.17 bits per heavy atom. The molecule has 2 aromatic rings. The van der Waals surface area contributed by atoms with Crippen LogP contribution in [-0.2, 0) is 4.79 Å². The summed E-state index contributed by atoms with van der Waals surface area (Å²) in [5, 5.41) is 5.11. The molecule has 0 fully saturated rings. The quantitative estimate of drug-likeness (QED) is 0.886. The summed E-state index contributed by atoms with van der Waals surface area (Å²) in [5.74, 6) is -0.639. The molecule has 2 rings (SSSR count). The smallest absolute Gasteiger partial charge is 0.316 e. The SMILES string of the molecule is CC(=O)N(C)c1ccc(NC(=O)Nc2ccc(F)c(Cl)c2)cc1. The summed E-state index contributed by atoms with van der Waals surface area (Å²) in [6.07, 6.45) is 0. The van der Waals surface area contributed by atoms with Crippen LogP contribution in [-0.4, -0.2) is 19.0 Å². The molecule has 0 aliphatic heterocycles. The predicted molar refractivity (Wildman–Crippen MR) is 89.6 cm³/mol. The van der Waals surface area contributed by atoms with Gasteiger partial charge in [0.1, 0.15) is 5.82 Å². The first-order valence-corrected chi connectivity index (χ1v) is 7.12. The van der Waals surface area contributed by atoms with E-state index in [9.17, 15) is 14.0 Å². The molecule has 120 valence electrons. The van der Waals surface area contributed by atoms with Crippen LogP contribution in [0.5, 0.6) is 0 Å². The van der Waals surface area contributed by atoms with Crippen LogP contribution < -0.4 is 15.5 Å². The fraction of sp³-hybridized carbons (Fsp3) is 0.125. The van der Waals surface area contributed by atoms with Crippen molar-refractivity contribution in [2.24, 2.45) is 0 Å². The molecular formula is C16H15ClFN3O2. The average Bonchev–Trinajstić information content (AvgIpc) is 2.51. The molecule has 0 aromatic heterocycles. The summed E-state index contributed by atoms with van der Waals surface area (Å²) in [6.45, 7) is 1.47. The van der Waals surface area contributed by atoms with Gasteiger partial charge in [0.15, 0.2) is 0 Å². The summed E-state index contributed by atoms with van der Waals surface area (Å²) in [5.41, 5.74) is 1.65. The van der Waals surface area contributed by atoms with Crippen molar-refractivity contribution in [3.63, 3.8) is 0 Å². The van der Waals surface area contributed by atoms with Gasteiger partial charge in [0.25, 0.3) is 0 Å². The van der Waals surface area contributed by atoms with Crippen LogP contribution in [0.15, 0.2) is 42.5 Å². The number of amides is 3. The molecule has 0 saturated heterocycles. The molecule has 0 spiro atoms. The Labute approximate surface area is 138 Å². The molecule has 0 aliphatic carbocycles. The predicted octanol–water partition coefficient (Wildman–Crippen LogP) is 4.11. The molecule has 0 heterocycles. The molecule has 3 amide bonds. The molecule has 0 unspecified atom stereocenters. The molecule has 5 nitrogen and oxygen atoms in total. The van der Waals surface area contributed by atoms with Gasteiger partial charge in [0.05, 0.1) is 5.02 Å². The molecule has 2 N–H and O–H groups in total. The topological polar surface area (TPSA) is 61.4 Å². The maximum absolute atomic E-state index is 13.1. The fourth-order valence-corrected chi connectivity index (χ4v) is 2.00. The van der Waals surface area contributed by atoms with E-state index in [1.807, 2.05) is 0 Å². The van der Waals surface area contributed by atoms with Crippen LogP contribution in [0.1, 0.15) is 6.92 Å². The van der Waals surface area contributed by atoms with E-state index in [2.05, 4.69) is 10.6 Å². The van der Waals surface area contributed by atoms with E-state index in [4.69, 9.17) is 11.6 Å². The van der Waals surface area contributed by atoms with Gasteiger partial charge in [-0.2, -0.15) is 0 Å². The number of nitrogens with one attached hydrogen (secondary N) is 2. The van der Waals surface area contributed by atoms with Crippen molar-refractivity contribution >= 4 is 40.6 Å². The molecule has 0 saturated carbocycles. The Hall–Kier alpha value is -2.60. The van der Waals surface area contributed by atoms with Gasteiger partial charge in [0.2, 0.25) is 5.91 Å². The molecular weight excluding hydrogens is 321 g/mol.